The van der Waals surface area contributed by atoms with Crippen molar-refractivity contribution < 1.29 is 22.1 Å². The van der Waals surface area contributed by atoms with E-state index in [9.17, 15) is 8.42 Å². The van der Waals surface area contributed by atoms with Gasteiger partial charge in [0.2, 0.25) is 6.29 Å². The van der Waals surface area contributed by atoms with E-state index in [0.717, 1.165) is 43.2 Å². The van der Waals surface area contributed by atoms with Crippen LogP contribution < -0.4 is 4.72 Å². The first-order valence-electron chi connectivity index (χ1n) is 7.98. The Kier molecular flexibility index (Phi) is 4.75. The Balaban J connectivity index is 1.91. The van der Waals surface area contributed by atoms with E-state index in [1.807, 2.05) is 31.2 Å². The lowest BCUT2D eigenvalue weighted by molar-refractivity contribution is -0.210. The van der Waals surface area contributed by atoms with Crippen LogP contribution >= 0.6 is 0 Å². The highest BCUT2D eigenvalue weighted by Gasteiger charge is 2.50. The van der Waals surface area contributed by atoms with Crippen molar-refractivity contribution in [3.8, 4) is 0 Å². The quantitative estimate of drug-likeness (QED) is 0.911. The van der Waals surface area contributed by atoms with Crippen LogP contribution in [-0.2, 0) is 24.0 Å². The molecule has 0 aromatic heterocycles. The normalized spacial score (nSPS) is 27.4. The average Bonchev–Trinajstić information content (AvgIpc) is 2.85. The molecule has 7 heteroatoms. The van der Waals surface area contributed by atoms with Gasteiger partial charge in [-0.15, -0.1) is 0 Å². The van der Waals surface area contributed by atoms with Gasteiger partial charge in [0, 0.05) is 19.9 Å². The fourth-order valence-corrected chi connectivity index (χ4v) is 3.76. The molecule has 1 aromatic carbocycles. The lowest BCUT2D eigenvalue weighted by Crippen LogP contribution is -2.35. The Morgan fingerprint density at radius 3 is 2.52 bits per heavy atom. The molecule has 1 spiro atoms. The van der Waals surface area contributed by atoms with E-state index >= 15 is 0 Å². The van der Waals surface area contributed by atoms with Crippen molar-refractivity contribution in [3.63, 3.8) is 0 Å². The third-order valence-electron chi connectivity index (χ3n) is 4.50. The summed E-state index contributed by atoms with van der Waals surface area (Å²) in [5.41, 5.74) is 1.91. The summed E-state index contributed by atoms with van der Waals surface area (Å²) in [5, 5.41) is 0. The van der Waals surface area contributed by atoms with E-state index in [1.54, 1.807) is 0 Å². The summed E-state index contributed by atoms with van der Waals surface area (Å²) in [4.78, 5) is 0. The van der Waals surface area contributed by atoms with Gasteiger partial charge in [-0.25, -0.2) is 4.18 Å². The molecule has 2 atom stereocenters. The third-order valence-corrected chi connectivity index (χ3v) is 5.44. The molecule has 1 aromatic rings. The smallest absolute Gasteiger partial charge is 0.336 e. The number of nitrogens with one attached hydrogen (secondary N) is 1. The highest BCUT2D eigenvalue weighted by atomic mass is 32.2. The molecule has 3 rings (SSSR count). The van der Waals surface area contributed by atoms with E-state index in [1.165, 1.54) is 7.05 Å². The molecule has 23 heavy (non-hydrogen) atoms. The van der Waals surface area contributed by atoms with Crippen LogP contribution in [-0.4, -0.2) is 27.5 Å². The van der Waals surface area contributed by atoms with Crippen molar-refractivity contribution in [2.24, 2.45) is 0 Å². The number of aryl methyl sites for hydroxylation is 1. The first-order valence-corrected chi connectivity index (χ1v) is 9.38. The summed E-state index contributed by atoms with van der Waals surface area (Å²) in [6.45, 7) is 1.97. The molecule has 2 unspecified atom stereocenters. The third kappa shape index (κ3) is 3.59. The highest BCUT2D eigenvalue weighted by Crippen LogP contribution is 2.47. The van der Waals surface area contributed by atoms with Crippen molar-refractivity contribution in [1.82, 2.24) is 4.72 Å². The molecule has 1 heterocycles. The number of hydrogen-bond donors (Lipinski definition) is 1. The van der Waals surface area contributed by atoms with Gasteiger partial charge in [-0.1, -0.05) is 30.7 Å². The van der Waals surface area contributed by atoms with E-state index in [-0.39, 0.29) is 0 Å². The largest absolute Gasteiger partial charge is 0.338 e. The van der Waals surface area contributed by atoms with E-state index in [2.05, 4.69) is 4.72 Å². The van der Waals surface area contributed by atoms with Gasteiger partial charge in [0.05, 0.1) is 0 Å². The minimum Gasteiger partial charge on any atom is -0.336 e. The molecule has 2 fully saturated rings. The van der Waals surface area contributed by atoms with Gasteiger partial charge in [-0.05, 0) is 30.9 Å². The summed E-state index contributed by atoms with van der Waals surface area (Å²) in [7, 11) is -2.56. The van der Waals surface area contributed by atoms with Crippen LogP contribution in [0, 0.1) is 6.92 Å². The Labute approximate surface area is 137 Å². The molecule has 1 aliphatic heterocycles. The average molecular weight is 341 g/mol. The van der Waals surface area contributed by atoms with Crippen LogP contribution in [0.1, 0.15) is 49.3 Å². The van der Waals surface area contributed by atoms with Gasteiger partial charge in [0.1, 0.15) is 6.10 Å². The van der Waals surface area contributed by atoms with E-state index < -0.39 is 28.5 Å². The molecule has 1 N–H and O–H groups in total. The van der Waals surface area contributed by atoms with Gasteiger partial charge >= 0.3 is 10.3 Å². The maximum atomic E-state index is 11.8. The van der Waals surface area contributed by atoms with Crippen molar-refractivity contribution in [1.29, 1.82) is 0 Å². The zero-order valence-corrected chi connectivity index (χ0v) is 14.3. The molecule has 0 amide bonds. The molecule has 2 aliphatic rings. The van der Waals surface area contributed by atoms with Crippen molar-refractivity contribution in [3.05, 3.63) is 35.4 Å². The molecule has 1 saturated heterocycles. The summed E-state index contributed by atoms with van der Waals surface area (Å²) >= 11 is 0. The lowest BCUT2D eigenvalue weighted by Gasteiger charge is -2.31. The van der Waals surface area contributed by atoms with Crippen LogP contribution in [0.15, 0.2) is 24.3 Å². The molecular weight excluding hydrogens is 318 g/mol. The first-order chi connectivity index (χ1) is 10.9. The second-order valence-electron chi connectivity index (χ2n) is 6.11. The summed E-state index contributed by atoms with van der Waals surface area (Å²) < 4.78 is 43.2. The Bertz CT molecular complexity index is 654. The molecule has 1 aliphatic carbocycles. The van der Waals surface area contributed by atoms with Gasteiger partial charge < -0.3 is 9.47 Å². The summed E-state index contributed by atoms with van der Waals surface area (Å²) in [6, 6.07) is 7.73. The number of ether oxygens (including phenoxy) is 2. The first kappa shape index (κ1) is 16.9. The fraction of sp³-hybridized carbons (Fsp3) is 0.625. The second kappa shape index (κ2) is 6.49. The molecular formula is C16H23NO5S. The molecule has 0 bridgehead atoms. The Morgan fingerprint density at radius 2 is 1.87 bits per heavy atom. The molecule has 1 saturated carbocycles. The van der Waals surface area contributed by atoms with Crippen molar-refractivity contribution in [2.45, 2.75) is 57.2 Å². The molecule has 6 nitrogen and oxygen atoms in total. The zero-order valence-electron chi connectivity index (χ0n) is 13.4. The van der Waals surface area contributed by atoms with Crippen LogP contribution in [0.5, 0.6) is 0 Å². The maximum Gasteiger partial charge on any atom is 0.338 e. The summed E-state index contributed by atoms with van der Waals surface area (Å²) in [5.74, 6) is -0.737. The minimum absolute atomic E-state index is 0.558. The van der Waals surface area contributed by atoms with Crippen LogP contribution in [0.3, 0.4) is 0 Å². The maximum absolute atomic E-state index is 11.8. The lowest BCUT2D eigenvalue weighted by atomic mass is 9.94. The predicted octanol–water partition coefficient (Wildman–Crippen LogP) is 2.55. The highest BCUT2D eigenvalue weighted by molar-refractivity contribution is 7.84. The van der Waals surface area contributed by atoms with Crippen LogP contribution in [0.25, 0.3) is 0 Å². The second-order valence-corrected chi connectivity index (χ2v) is 7.62. The van der Waals surface area contributed by atoms with Gasteiger partial charge in [-0.2, -0.15) is 13.1 Å². The number of rotatable bonds is 4. The van der Waals surface area contributed by atoms with Crippen LogP contribution in [0.2, 0.25) is 0 Å². The summed E-state index contributed by atoms with van der Waals surface area (Å²) in [6.07, 6.45) is 3.13. The van der Waals surface area contributed by atoms with Gasteiger partial charge in [0.25, 0.3) is 0 Å². The van der Waals surface area contributed by atoms with Gasteiger partial charge in [-0.3, -0.25) is 0 Å². The monoisotopic (exact) mass is 341 g/mol. The van der Waals surface area contributed by atoms with E-state index in [0.29, 0.717) is 0 Å². The van der Waals surface area contributed by atoms with Gasteiger partial charge in [0.15, 0.2) is 5.79 Å². The minimum atomic E-state index is -3.87. The number of hydrogen-bond acceptors (Lipinski definition) is 5. The van der Waals surface area contributed by atoms with Crippen molar-refractivity contribution >= 4 is 10.3 Å². The topological polar surface area (TPSA) is 73.9 Å². The Morgan fingerprint density at radius 1 is 1.17 bits per heavy atom. The standard InChI is InChI=1S/C16H23NO5S/c1-12-8-4-5-9-13(12)14-15(22-23(18,19)17-2)21-16(20-14)10-6-3-7-11-16/h4-5,8-9,14-15,17H,3,6-7,10-11H2,1-2H3. The Hall–Kier alpha value is -0.990. The number of benzene rings is 1. The zero-order chi connectivity index (χ0) is 16.5. The van der Waals surface area contributed by atoms with E-state index in [4.69, 9.17) is 13.7 Å². The molecule has 0 radical (unpaired) electrons. The fourth-order valence-electron chi connectivity index (χ4n) is 3.27. The van der Waals surface area contributed by atoms with Crippen molar-refractivity contribution in [2.75, 3.05) is 7.05 Å². The molecule has 128 valence electrons. The van der Waals surface area contributed by atoms with Crippen LogP contribution in [0.4, 0.5) is 0 Å². The SMILES string of the molecule is CNS(=O)(=O)OC1OC2(CCCCC2)OC1c1ccccc1C. The predicted molar refractivity (Wildman–Crippen MR) is 84.8 cm³/mol.